The number of thioether (sulfide) groups is 1. The van der Waals surface area contributed by atoms with E-state index in [0.29, 0.717) is 6.61 Å². The van der Waals surface area contributed by atoms with Gasteiger partial charge in [-0.05, 0) is 24.3 Å². The Bertz CT molecular complexity index is 253. The molecule has 1 aromatic carbocycles. The van der Waals surface area contributed by atoms with Crippen LogP contribution in [0, 0.1) is 0 Å². The lowest BCUT2D eigenvalue weighted by Gasteiger charge is -2.05. The van der Waals surface area contributed by atoms with Crippen molar-refractivity contribution in [3.8, 4) is 5.75 Å². The lowest BCUT2D eigenvalue weighted by molar-refractivity contribution is 0.344. The van der Waals surface area contributed by atoms with Crippen molar-refractivity contribution >= 4 is 23.4 Å². The van der Waals surface area contributed by atoms with E-state index in [1.54, 1.807) is 11.8 Å². The largest absolute Gasteiger partial charge is 0.493 e. The molecule has 78 valence electrons. The molecule has 0 saturated carbocycles. The second kappa shape index (κ2) is 6.98. The summed E-state index contributed by atoms with van der Waals surface area (Å²) in [4.78, 5) is 0. The second-order valence-electron chi connectivity index (χ2n) is 2.70. The van der Waals surface area contributed by atoms with Gasteiger partial charge in [0, 0.05) is 23.1 Å². The zero-order chi connectivity index (χ0) is 10.2. The van der Waals surface area contributed by atoms with Gasteiger partial charge in [-0.25, -0.2) is 0 Å². The number of halogens is 1. The first-order chi connectivity index (χ1) is 6.83. The number of benzene rings is 1. The van der Waals surface area contributed by atoms with Crippen molar-refractivity contribution in [1.29, 1.82) is 0 Å². The molecule has 4 heteroatoms. The molecule has 0 radical (unpaired) electrons. The van der Waals surface area contributed by atoms with Crippen molar-refractivity contribution in [2.75, 3.05) is 24.7 Å². The third-order valence-electron chi connectivity index (χ3n) is 1.57. The van der Waals surface area contributed by atoms with Gasteiger partial charge >= 0.3 is 0 Å². The maximum absolute atomic E-state index is 5.74. The Hall–Kier alpha value is -0.380. The average Bonchev–Trinajstić information content (AvgIpc) is 2.21. The van der Waals surface area contributed by atoms with Crippen molar-refractivity contribution in [1.82, 2.24) is 0 Å². The number of rotatable bonds is 6. The smallest absolute Gasteiger partial charge is 0.119 e. The summed E-state index contributed by atoms with van der Waals surface area (Å²) in [5.74, 6) is 2.83. The van der Waals surface area contributed by atoms with E-state index >= 15 is 0 Å². The SMILES string of the molecule is NCCSCCOc1ccc(Cl)cc1. The van der Waals surface area contributed by atoms with Gasteiger partial charge in [-0.3, -0.25) is 0 Å². The summed E-state index contributed by atoms with van der Waals surface area (Å²) < 4.78 is 5.49. The summed E-state index contributed by atoms with van der Waals surface area (Å²) in [7, 11) is 0. The zero-order valence-corrected chi connectivity index (χ0v) is 9.48. The molecule has 0 bridgehead atoms. The summed E-state index contributed by atoms with van der Waals surface area (Å²) in [6.45, 7) is 1.44. The molecule has 1 rings (SSSR count). The predicted octanol–water partition coefficient (Wildman–Crippen LogP) is 2.41. The Kier molecular flexibility index (Phi) is 5.83. The van der Waals surface area contributed by atoms with Gasteiger partial charge < -0.3 is 10.5 Å². The molecular formula is C10H14ClNOS. The summed E-state index contributed by atoms with van der Waals surface area (Å²) >= 11 is 7.54. The molecule has 0 unspecified atom stereocenters. The monoisotopic (exact) mass is 231 g/mol. The molecule has 0 amide bonds. The van der Waals surface area contributed by atoms with Gasteiger partial charge in [-0.1, -0.05) is 11.6 Å². The highest BCUT2D eigenvalue weighted by Gasteiger charge is 1.93. The third-order valence-corrected chi connectivity index (χ3v) is 2.80. The first-order valence-corrected chi connectivity index (χ1v) is 6.02. The Morgan fingerprint density at radius 3 is 2.57 bits per heavy atom. The Morgan fingerprint density at radius 1 is 1.21 bits per heavy atom. The molecule has 0 saturated heterocycles. The van der Waals surface area contributed by atoms with Crippen LogP contribution in [0.1, 0.15) is 0 Å². The summed E-state index contributed by atoms with van der Waals surface area (Å²) in [5, 5.41) is 0.731. The van der Waals surface area contributed by atoms with E-state index < -0.39 is 0 Å². The summed E-state index contributed by atoms with van der Waals surface area (Å²) in [6, 6.07) is 7.39. The van der Waals surface area contributed by atoms with Gasteiger partial charge in [-0.2, -0.15) is 11.8 Å². The molecule has 0 spiro atoms. The van der Waals surface area contributed by atoms with E-state index in [-0.39, 0.29) is 0 Å². The molecule has 0 aromatic heterocycles. The minimum absolute atomic E-state index is 0.715. The average molecular weight is 232 g/mol. The van der Waals surface area contributed by atoms with Gasteiger partial charge in [0.25, 0.3) is 0 Å². The maximum atomic E-state index is 5.74. The van der Waals surface area contributed by atoms with E-state index in [1.807, 2.05) is 24.3 Å². The highest BCUT2D eigenvalue weighted by atomic mass is 35.5. The van der Waals surface area contributed by atoms with E-state index in [1.165, 1.54) is 0 Å². The van der Waals surface area contributed by atoms with Crippen LogP contribution in [0.3, 0.4) is 0 Å². The number of nitrogens with two attached hydrogens (primary N) is 1. The Labute approximate surface area is 93.8 Å². The van der Waals surface area contributed by atoms with Crippen LogP contribution in [-0.4, -0.2) is 24.7 Å². The first-order valence-electron chi connectivity index (χ1n) is 4.49. The minimum Gasteiger partial charge on any atom is -0.493 e. The van der Waals surface area contributed by atoms with Gasteiger partial charge in [0.2, 0.25) is 0 Å². The van der Waals surface area contributed by atoms with Crippen LogP contribution in [0.4, 0.5) is 0 Å². The minimum atomic E-state index is 0.715. The van der Waals surface area contributed by atoms with Crippen LogP contribution in [0.5, 0.6) is 5.75 Å². The van der Waals surface area contributed by atoms with Crippen LogP contribution in [0.15, 0.2) is 24.3 Å². The van der Waals surface area contributed by atoms with Crippen molar-refractivity contribution in [3.63, 3.8) is 0 Å². The van der Waals surface area contributed by atoms with Gasteiger partial charge in [-0.15, -0.1) is 0 Å². The number of hydrogen-bond acceptors (Lipinski definition) is 3. The number of hydrogen-bond donors (Lipinski definition) is 1. The van der Waals surface area contributed by atoms with Crippen molar-refractivity contribution in [2.45, 2.75) is 0 Å². The standard InChI is InChI=1S/C10H14ClNOS/c11-9-1-3-10(4-2-9)13-6-8-14-7-5-12/h1-4H,5-8,12H2. The highest BCUT2D eigenvalue weighted by Crippen LogP contribution is 2.15. The Morgan fingerprint density at radius 2 is 1.93 bits per heavy atom. The normalized spacial score (nSPS) is 10.1. The van der Waals surface area contributed by atoms with Crippen molar-refractivity contribution in [3.05, 3.63) is 29.3 Å². The summed E-state index contributed by atoms with van der Waals surface area (Å²) in [6.07, 6.45) is 0. The molecule has 0 aliphatic carbocycles. The molecule has 0 aliphatic rings. The maximum Gasteiger partial charge on any atom is 0.119 e. The fourth-order valence-corrected chi connectivity index (χ4v) is 1.63. The lowest BCUT2D eigenvalue weighted by atomic mass is 10.3. The zero-order valence-electron chi connectivity index (χ0n) is 7.91. The molecule has 2 N–H and O–H groups in total. The third kappa shape index (κ3) is 4.74. The summed E-state index contributed by atoms with van der Waals surface area (Å²) in [5.41, 5.74) is 5.36. The molecule has 0 atom stereocenters. The predicted molar refractivity (Wildman–Crippen MR) is 63.3 cm³/mol. The lowest BCUT2D eigenvalue weighted by Crippen LogP contribution is -2.05. The fourth-order valence-electron chi connectivity index (χ4n) is 0.935. The quantitative estimate of drug-likeness (QED) is 0.764. The van der Waals surface area contributed by atoms with Crippen LogP contribution in [-0.2, 0) is 0 Å². The van der Waals surface area contributed by atoms with Crippen LogP contribution in [0.25, 0.3) is 0 Å². The van der Waals surface area contributed by atoms with Gasteiger partial charge in [0.1, 0.15) is 5.75 Å². The molecule has 0 heterocycles. The first kappa shape index (κ1) is 11.7. The molecule has 0 aliphatic heterocycles. The van der Waals surface area contributed by atoms with Crippen molar-refractivity contribution in [2.24, 2.45) is 5.73 Å². The van der Waals surface area contributed by atoms with Gasteiger partial charge in [0.15, 0.2) is 0 Å². The Balaban J connectivity index is 2.15. The fraction of sp³-hybridized carbons (Fsp3) is 0.400. The topological polar surface area (TPSA) is 35.2 Å². The van der Waals surface area contributed by atoms with Crippen molar-refractivity contribution < 1.29 is 4.74 Å². The molecule has 2 nitrogen and oxygen atoms in total. The van der Waals surface area contributed by atoms with Crippen LogP contribution in [0.2, 0.25) is 5.02 Å². The molecule has 1 aromatic rings. The van der Waals surface area contributed by atoms with Crippen LogP contribution < -0.4 is 10.5 Å². The molecule has 0 fully saturated rings. The molecule has 14 heavy (non-hydrogen) atoms. The van der Waals surface area contributed by atoms with E-state index in [9.17, 15) is 0 Å². The second-order valence-corrected chi connectivity index (χ2v) is 4.36. The van der Waals surface area contributed by atoms with E-state index in [4.69, 9.17) is 22.1 Å². The highest BCUT2D eigenvalue weighted by molar-refractivity contribution is 7.99. The number of ether oxygens (including phenoxy) is 1. The van der Waals surface area contributed by atoms with E-state index in [0.717, 1.165) is 28.8 Å². The van der Waals surface area contributed by atoms with Gasteiger partial charge in [0.05, 0.1) is 6.61 Å². The molecular weight excluding hydrogens is 218 g/mol. The van der Waals surface area contributed by atoms with E-state index in [2.05, 4.69) is 0 Å². The van der Waals surface area contributed by atoms with Crippen LogP contribution >= 0.6 is 23.4 Å².